The van der Waals surface area contributed by atoms with Crippen LogP contribution in [0.2, 0.25) is 0 Å². The van der Waals surface area contributed by atoms with E-state index < -0.39 is 28.2 Å². The van der Waals surface area contributed by atoms with E-state index in [9.17, 15) is 21.6 Å². The van der Waals surface area contributed by atoms with E-state index >= 15 is 0 Å². The highest BCUT2D eigenvalue weighted by atomic mass is 32.2. The maximum atomic E-state index is 13.4. The van der Waals surface area contributed by atoms with Crippen LogP contribution in [0.15, 0.2) is 29.1 Å². The zero-order chi connectivity index (χ0) is 18.9. The number of sulfonamides is 1. The van der Waals surface area contributed by atoms with Gasteiger partial charge in [0.2, 0.25) is 10.0 Å². The molecule has 13 heteroatoms. The summed E-state index contributed by atoms with van der Waals surface area (Å²) in [5.74, 6) is -1.72. The fraction of sp³-hybridized carbons (Fsp3) is 0.231. The highest BCUT2D eigenvalue weighted by molar-refractivity contribution is 7.92. The Morgan fingerprint density at radius 1 is 1.27 bits per heavy atom. The van der Waals surface area contributed by atoms with Crippen LogP contribution in [0.4, 0.5) is 18.9 Å². The lowest BCUT2D eigenvalue weighted by Gasteiger charge is -2.21. The summed E-state index contributed by atoms with van der Waals surface area (Å²) in [6, 6.07) is 1.03. The minimum absolute atomic E-state index is 0.0419. The Labute approximate surface area is 149 Å². The number of pyridine rings is 1. The predicted molar refractivity (Wildman–Crippen MR) is 85.6 cm³/mol. The van der Waals surface area contributed by atoms with Gasteiger partial charge in [0, 0.05) is 17.1 Å². The summed E-state index contributed by atoms with van der Waals surface area (Å²) in [5.41, 5.74) is 0.0419. The molecule has 0 radical (unpaired) electrons. The van der Waals surface area contributed by atoms with E-state index in [0.29, 0.717) is 4.88 Å². The molecule has 8 nitrogen and oxygen atoms in total. The molecule has 0 saturated carbocycles. The molecule has 0 saturated heterocycles. The van der Waals surface area contributed by atoms with Gasteiger partial charge in [-0.25, -0.2) is 17.8 Å². The van der Waals surface area contributed by atoms with Gasteiger partial charge in [0.25, 0.3) is 11.8 Å². The zero-order valence-corrected chi connectivity index (χ0v) is 14.6. The van der Waals surface area contributed by atoms with Crippen molar-refractivity contribution in [3.8, 4) is 10.9 Å². The van der Waals surface area contributed by atoms with Crippen molar-refractivity contribution in [3.63, 3.8) is 0 Å². The molecule has 3 aromatic heterocycles. The molecule has 0 amide bonds. The minimum atomic E-state index is -3.74. The average Bonchev–Trinajstić information content (AvgIpc) is 3.20. The largest absolute Gasteiger partial charge is 0.413 e. The number of alkyl halides is 2. The summed E-state index contributed by atoms with van der Waals surface area (Å²) in [7, 11) is -3.74. The number of hydrogen-bond donors (Lipinski definition) is 0. The number of nitrogens with zero attached hydrogens (tertiary/aromatic N) is 5. The van der Waals surface area contributed by atoms with Crippen LogP contribution in [-0.4, -0.2) is 34.8 Å². The van der Waals surface area contributed by atoms with Crippen LogP contribution in [0.5, 0.6) is 0 Å². The molecule has 0 fully saturated rings. The summed E-state index contributed by atoms with van der Waals surface area (Å²) in [6.07, 6.45) is 1.56. The molecular weight excluding hydrogens is 395 g/mol. The second-order valence-corrected chi connectivity index (χ2v) is 8.03. The standard InChI is InChI=1S/C13H10F3N5O3S2/c1-26(22,23)21(8-2-7(14)3-17-4-8)6-9-5-18-13(25-9)12-20-19-11(24-12)10(15)16/h2-5,10H,6H2,1H3. The molecule has 3 rings (SSSR count). The summed E-state index contributed by atoms with van der Waals surface area (Å²) >= 11 is 0.982. The van der Waals surface area contributed by atoms with Crippen LogP contribution in [0, 0.1) is 5.82 Å². The molecule has 26 heavy (non-hydrogen) atoms. The lowest BCUT2D eigenvalue weighted by Crippen LogP contribution is -2.29. The smallest absolute Gasteiger partial charge is 0.314 e. The number of anilines is 1. The molecule has 0 atom stereocenters. The molecule has 0 aliphatic carbocycles. The fourth-order valence-corrected chi connectivity index (χ4v) is 3.73. The van der Waals surface area contributed by atoms with Crippen LogP contribution in [0.1, 0.15) is 17.2 Å². The van der Waals surface area contributed by atoms with Gasteiger partial charge in [0.05, 0.1) is 30.9 Å². The Hall–Kier alpha value is -2.54. The molecule has 0 unspecified atom stereocenters. The van der Waals surface area contributed by atoms with Crippen molar-refractivity contribution in [1.29, 1.82) is 0 Å². The van der Waals surface area contributed by atoms with Crippen molar-refractivity contribution >= 4 is 27.0 Å². The highest BCUT2D eigenvalue weighted by Crippen LogP contribution is 2.29. The van der Waals surface area contributed by atoms with Crippen molar-refractivity contribution in [2.45, 2.75) is 13.0 Å². The van der Waals surface area contributed by atoms with E-state index in [1.165, 1.54) is 12.4 Å². The topological polar surface area (TPSA) is 102 Å². The molecule has 3 heterocycles. The molecule has 0 bridgehead atoms. The van der Waals surface area contributed by atoms with Gasteiger partial charge in [-0.05, 0) is 0 Å². The molecule has 3 aromatic rings. The lowest BCUT2D eigenvalue weighted by molar-refractivity contribution is 0.116. The van der Waals surface area contributed by atoms with Crippen LogP contribution < -0.4 is 4.31 Å². The third-order valence-corrected chi connectivity index (χ3v) is 5.15. The van der Waals surface area contributed by atoms with E-state index in [2.05, 4.69) is 20.2 Å². The Morgan fingerprint density at radius 3 is 2.65 bits per heavy atom. The SMILES string of the molecule is CS(=O)(=O)N(Cc1cnc(-c2nnc(C(F)F)o2)s1)c1cncc(F)c1. The number of hydrogen-bond acceptors (Lipinski definition) is 8. The maximum Gasteiger partial charge on any atom is 0.314 e. The van der Waals surface area contributed by atoms with Gasteiger partial charge in [-0.15, -0.1) is 21.5 Å². The van der Waals surface area contributed by atoms with E-state index in [1.807, 2.05) is 0 Å². The number of aromatic nitrogens is 4. The van der Waals surface area contributed by atoms with Gasteiger partial charge in [-0.1, -0.05) is 0 Å². The van der Waals surface area contributed by atoms with Gasteiger partial charge in [-0.3, -0.25) is 9.29 Å². The number of halogens is 3. The van der Waals surface area contributed by atoms with E-state index in [0.717, 1.165) is 34.2 Å². The Bertz CT molecular complexity index is 1020. The summed E-state index contributed by atoms with van der Waals surface area (Å²) in [6.45, 7) is -0.155. The monoisotopic (exact) mass is 405 g/mol. The maximum absolute atomic E-state index is 13.4. The second kappa shape index (κ2) is 6.99. The van der Waals surface area contributed by atoms with E-state index in [1.54, 1.807) is 0 Å². The molecule has 0 aliphatic rings. The summed E-state index contributed by atoms with van der Waals surface area (Å²) < 4.78 is 68.2. The van der Waals surface area contributed by atoms with E-state index in [-0.39, 0.29) is 23.1 Å². The third-order valence-electron chi connectivity index (χ3n) is 3.04. The first-order valence-corrected chi connectivity index (χ1v) is 9.55. The second-order valence-electron chi connectivity index (χ2n) is 5.01. The van der Waals surface area contributed by atoms with Crippen molar-refractivity contribution in [1.82, 2.24) is 20.2 Å². The van der Waals surface area contributed by atoms with Crippen molar-refractivity contribution in [3.05, 3.63) is 41.2 Å². The predicted octanol–water partition coefficient (Wildman–Crippen LogP) is 2.63. The first kappa shape index (κ1) is 18.3. The average molecular weight is 405 g/mol. The molecule has 0 spiro atoms. The van der Waals surface area contributed by atoms with Crippen LogP contribution in [-0.2, 0) is 16.6 Å². The fourth-order valence-electron chi connectivity index (χ4n) is 1.97. The van der Waals surface area contributed by atoms with Crippen LogP contribution in [0.3, 0.4) is 0 Å². The third kappa shape index (κ3) is 3.99. The number of thiazole rings is 1. The Morgan fingerprint density at radius 2 is 2.04 bits per heavy atom. The van der Waals surface area contributed by atoms with Crippen LogP contribution in [0.25, 0.3) is 10.9 Å². The van der Waals surface area contributed by atoms with Crippen molar-refractivity contribution in [2.24, 2.45) is 0 Å². The van der Waals surface area contributed by atoms with Gasteiger partial charge in [0.15, 0.2) is 5.01 Å². The number of rotatable bonds is 6. The van der Waals surface area contributed by atoms with Crippen LogP contribution >= 0.6 is 11.3 Å². The normalized spacial score (nSPS) is 11.9. The molecule has 0 N–H and O–H groups in total. The minimum Gasteiger partial charge on any atom is -0.413 e. The first-order chi connectivity index (χ1) is 12.2. The molecule has 138 valence electrons. The summed E-state index contributed by atoms with van der Waals surface area (Å²) in [4.78, 5) is 8.06. The Kier molecular flexibility index (Phi) is 4.91. The Balaban J connectivity index is 1.87. The van der Waals surface area contributed by atoms with Crippen molar-refractivity contribution < 1.29 is 26.0 Å². The van der Waals surface area contributed by atoms with Gasteiger partial charge >= 0.3 is 6.43 Å². The van der Waals surface area contributed by atoms with Gasteiger partial charge in [-0.2, -0.15) is 8.78 Å². The summed E-state index contributed by atoms with van der Waals surface area (Å²) in [5, 5.41) is 6.84. The highest BCUT2D eigenvalue weighted by Gasteiger charge is 2.22. The molecule has 0 aliphatic heterocycles. The zero-order valence-electron chi connectivity index (χ0n) is 13.0. The van der Waals surface area contributed by atoms with Crippen molar-refractivity contribution in [2.75, 3.05) is 10.6 Å². The molecular formula is C13H10F3N5O3S2. The van der Waals surface area contributed by atoms with E-state index in [4.69, 9.17) is 4.42 Å². The first-order valence-electron chi connectivity index (χ1n) is 6.89. The lowest BCUT2D eigenvalue weighted by atomic mass is 10.4. The molecule has 0 aromatic carbocycles. The van der Waals surface area contributed by atoms with Gasteiger partial charge < -0.3 is 4.42 Å². The van der Waals surface area contributed by atoms with Gasteiger partial charge in [0.1, 0.15) is 5.82 Å². The quantitative estimate of drug-likeness (QED) is 0.621.